The zero-order valence-corrected chi connectivity index (χ0v) is 8.84. The molecule has 0 bridgehead atoms. The van der Waals surface area contributed by atoms with Crippen molar-refractivity contribution >= 4 is 5.97 Å². The molecule has 1 rings (SSSR count). The van der Waals surface area contributed by atoms with Crippen LogP contribution < -0.4 is 0 Å². The van der Waals surface area contributed by atoms with Gasteiger partial charge in [0.1, 0.15) is 6.10 Å². The topological polar surface area (TPSA) is 26.3 Å². The van der Waals surface area contributed by atoms with E-state index in [0.29, 0.717) is 6.42 Å². The predicted octanol–water partition coefficient (Wildman–Crippen LogP) is 3.22. The lowest BCUT2D eigenvalue weighted by atomic mass is 10.1. The molecular weight excluding hydrogens is 176 g/mol. The van der Waals surface area contributed by atoms with Gasteiger partial charge in [-0.25, -0.2) is 0 Å². The minimum absolute atomic E-state index is 0.0550. The average Bonchev–Trinajstić information content (AvgIpc) is 2.23. The van der Waals surface area contributed by atoms with Gasteiger partial charge in [-0.15, -0.1) is 0 Å². The largest absolute Gasteiger partial charge is 0.458 e. The van der Waals surface area contributed by atoms with Gasteiger partial charge in [-0.05, 0) is 19.3 Å². The lowest BCUT2D eigenvalue weighted by Gasteiger charge is -2.12. The highest BCUT2D eigenvalue weighted by atomic mass is 16.5. The summed E-state index contributed by atoms with van der Waals surface area (Å²) < 4.78 is 5.27. The summed E-state index contributed by atoms with van der Waals surface area (Å²) in [4.78, 5) is 11.3. The third-order valence-electron chi connectivity index (χ3n) is 2.67. The molecule has 1 saturated heterocycles. The normalized spacial score (nSPS) is 26.0. The van der Waals surface area contributed by atoms with Crippen LogP contribution in [-0.2, 0) is 9.53 Å². The summed E-state index contributed by atoms with van der Waals surface area (Å²) in [6.07, 6.45) is 10.3. The average molecular weight is 196 g/mol. The van der Waals surface area contributed by atoms with Crippen LogP contribution in [0, 0.1) is 0 Å². The molecule has 0 amide bonds. The first-order valence-electron chi connectivity index (χ1n) is 5.65. The van der Waals surface area contributed by atoms with Crippen molar-refractivity contribution in [1.82, 2.24) is 0 Å². The maximum Gasteiger partial charge on any atom is 0.306 e. The maximum atomic E-state index is 11.3. The zero-order valence-electron chi connectivity index (χ0n) is 8.84. The summed E-state index contributed by atoms with van der Waals surface area (Å²) in [5.41, 5.74) is 0. The van der Waals surface area contributed by atoms with Crippen LogP contribution in [0.5, 0.6) is 0 Å². The quantitative estimate of drug-likeness (QED) is 0.475. The number of hydrogen-bond acceptors (Lipinski definition) is 2. The van der Waals surface area contributed by atoms with E-state index in [2.05, 4.69) is 6.58 Å². The fraction of sp³-hybridized carbons (Fsp3) is 0.750. The Morgan fingerprint density at radius 3 is 2.50 bits per heavy atom. The Hall–Kier alpha value is -0.790. The number of rotatable bonds is 1. The van der Waals surface area contributed by atoms with Gasteiger partial charge in [0.05, 0.1) is 0 Å². The van der Waals surface area contributed by atoms with Crippen molar-refractivity contribution in [1.29, 1.82) is 0 Å². The highest BCUT2D eigenvalue weighted by Gasteiger charge is 2.11. The van der Waals surface area contributed by atoms with Gasteiger partial charge in [0.25, 0.3) is 0 Å². The third kappa shape index (κ3) is 4.45. The minimum Gasteiger partial charge on any atom is -0.458 e. The molecule has 0 saturated carbocycles. The SMILES string of the molecule is C=CC1CCCCCCCCC(=O)O1. The number of esters is 1. The van der Waals surface area contributed by atoms with E-state index in [9.17, 15) is 4.79 Å². The fourth-order valence-corrected chi connectivity index (χ4v) is 1.77. The summed E-state index contributed by atoms with van der Waals surface area (Å²) in [6.45, 7) is 3.69. The first-order chi connectivity index (χ1) is 6.83. The van der Waals surface area contributed by atoms with Gasteiger partial charge in [-0.3, -0.25) is 4.79 Å². The van der Waals surface area contributed by atoms with Gasteiger partial charge in [0, 0.05) is 6.42 Å². The molecule has 0 aliphatic carbocycles. The molecule has 1 unspecified atom stereocenters. The Balaban J connectivity index is 2.39. The lowest BCUT2D eigenvalue weighted by Crippen LogP contribution is -2.15. The van der Waals surface area contributed by atoms with E-state index in [4.69, 9.17) is 4.74 Å². The first-order valence-corrected chi connectivity index (χ1v) is 5.65. The van der Waals surface area contributed by atoms with Gasteiger partial charge in [0.2, 0.25) is 0 Å². The van der Waals surface area contributed by atoms with Crippen molar-refractivity contribution in [3.63, 3.8) is 0 Å². The Morgan fingerprint density at radius 2 is 1.79 bits per heavy atom. The Labute approximate surface area is 86.3 Å². The van der Waals surface area contributed by atoms with Crippen LogP contribution in [0.15, 0.2) is 12.7 Å². The van der Waals surface area contributed by atoms with Crippen molar-refractivity contribution in [3.05, 3.63) is 12.7 Å². The summed E-state index contributed by atoms with van der Waals surface area (Å²) in [5, 5.41) is 0. The standard InChI is InChI=1S/C12H20O2/c1-2-11-9-7-5-3-4-6-8-10-12(13)14-11/h2,11H,1,3-10H2. The molecule has 1 atom stereocenters. The van der Waals surface area contributed by atoms with Gasteiger partial charge >= 0.3 is 5.97 Å². The van der Waals surface area contributed by atoms with E-state index >= 15 is 0 Å². The van der Waals surface area contributed by atoms with E-state index in [1.54, 1.807) is 6.08 Å². The maximum absolute atomic E-state index is 11.3. The van der Waals surface area contributed by atoms with E-state index in [0.717, 1.165) is 25.7 Å². The van der Waals surface area contributed by atoms with Crippen LogP contribution >= 0.6 is 0 Å². The molecule has 1 aliphatic rings. The molecule has 80 valence electrons. The van der Waals surface area contributed by atoms with Gasteiger partial charge in [-0.2, -0.15) is 0 Å². The molecule has 0 radical (unpaired) electrons. The van der Waals surface area contributed by atoms with Crippen molar-refractivity contribution in [2.45, 2.75) is 57.5 Å². The van der Waals surface area contributed by atoms with Gasteiger partial charge in [-0.1, -0.05) is 38.3 Å². The summed E-state index contributed by atoms with van der Waals surface area (Å²) in [6, 6.07) is 0. The molecule has 2 heteroatoms. The molecule has 1 aliphatic heterocycles. The smallest absolute Gasteiger partial charge is 0.306 e. The second kappa shape index (κ2) is 6.63. The second-order valence-corrected chi connectivity index (χ2v) is 3.92. The van der Waals surface area contributed by atoms with Crippen molar-refractivity contribution in [2.75, 3.05) is 0 Å². The van der Waals surface area contributed by atoms with Crippen molar-refractivity contribution in [2.24, 2.45) is 0 Å². The third-order valence-corrected chi connectivity index (χ3v) is 2.67. The van der Waals surface area contributed by atoms with Crippen molar-refractivity contribution in [3.8, 4) is 0 Å². The molecule has 0 spiro atoms. The van der Waals surface area contributed by atoms with Crippen LogP contribution in [0.25, 0.3) is 0 Å². The number of carbonyl (C=O) groups excluding carboxylic acids is 1. The number of cyclic esters (lactones) is 1. The molecule has 0 aromatic carbocycles. The Morgan fingerprint density at radius 1 is 1.14 bits per heavy atom. The monoisotopic (exact) mass is 196 g/mol. The molecule has 0 N–H and O–H groups in total. The van der Waals surface area contributed by atoms with Crippen LogP contribution in [0.2, 0.25) is 0 Å². The van der Waals surface area contributed by atoms with Gasteiger partial charge < -0.3 is 4.74 Å². The number of carbonyl (C=O) groups is 1. The highest BCUT2D eigenvalue weighted by Crippen LogP contribution is 2.15. The predicted molar refractivity (Wildman–Crippen MR) is 57.0 cm³/mol. The molecular formula is C12H20O2. The van der Waals surface area contributed by atoms with Crippen LogP contribution in [0.3, 0.4) is 0 Å². The van der Waals surface area contributed by atoms with Crippen molar-refractivity contribution < 1.29 is 9.53 Å². The molecule has 14 heavy (non-hydrogen) atoms. The molecule has 0 aromatic rings. The fourth-order valence-electron chi connectivity index (χ4n) is 1.77. The summed E-state index contributed by atoms with van der Waals surface area (Å²) in [5.74, 6) is -0.0585. The molecule has 2 nitrogen and oxygen atoms in total. The second-order valence-electron chi connectivity index (χ2n) is 3.92. The van der Waals surface area contributed by atoms with E-state index in [1.807, 2.05) is 0 Å². The van der Waals surface area contributed by atoms with E-state index in [1.165, 1.54) is 19.3 Å². The summed E-state index contributed by atoms with van der Waals surface area (Å²) >= 11 is 0. The number of hydrogen-bond donors (Lipinski definition) is 0. The Bertz CT molecular complexity index is 187. The highest BCUT2D eigenvalue weighted by molar-refractivity contribution is 5.69. The van der Waals surface area contributed by atoms with Crippen LogP contribution in [0.4, 0.5) is 0 Å². The number of ether oxygens (including phenoxy) is 1. The van der Waals surface area contributed by atoms with Gasteiger partial charge in [0.15, 0.2) is 0 Å². The molecule has 0 aromatic heterocycles. The van der Waals surface area contributed by atoms with Crippen LogP contribution in [0.1, 0.15) is 51.4 Å². The van der Waals surface area contributed by atoms with E-state index in [-0.39, 0.29) is 12.1 Å². The van der Waals surface area contributed by atoms with E-state index < -0.39 is 0 Å². The first kappa shape index (κ1) is 11.3. The Kier molecular flexibility index (Phi) is 5.35. The minimum atomic E-state index is -0.0585. The van der Waals surface area contributed by atoms with Crippen LogP contribution in [-0.4, -0.2) is 12.1 Å². The lowest BCUT2D eigenvalue weighted by molar-refractivity contribution is -0.147. The zero-order chi connectivity index (χ0) is 10.2. The summed E-state index contributed by atoms with van der Waals surface area (Å²) in [7, 11) is 0. The molecule has 1 heterocycles. The molecule has 1 fully saturated rings.